The lowest BCUT2D eigenvalue weighted by Gasteiger charge is -2.17. The lowest BCUT2D eigenvalue weighted by molar-refractivity contribution is 0.509. The fourth-order valence-corrected chi connectivity index (χ4v) is 4.95. The van der Waals surface area contributed by atoms with Crippen LogP contribution in [-0.2, 0) is 12.8 Å². The van der Waals surface area contributed by atoms with Crippen LogP contribution in [0.25, 0.3) is 28.0 Å². The molecule has 25 heavy (non-hydrogen) atoms. The van der Waals surface area contributed by atoms with E-state index in [1.165, 1.54) is 22.2 Å². The first-order chi connectivity index (χ1) is 12.3. The van der Waals surface area contributed by atoms with E-state index < -0.39 is 0 Å². The summed E-state index contributed by atoms with van der Waals surface area (Å²) in [7, 11) is 0. The van der Waals surface area contributed by atoms with E-state index in [0.717, 1.165) is 40.6 Å². The number of benzene rings is 1. The Bertz CT molecular complexity index is 1090. The summed E-state index contributed by atoms with van der Waals surface area (Å²) in [5.41, 5.74) is 3.53. The summed E-state index contributed by atoms with van der Waals surface area (Å²) in [5, 5.41) is 10.1. The molecule has 0 amide bonds. The van der Waals surface area contributed by atoms with E-state index in [2.05, 4.69) is 35.3 Å². The molecule has 0 spiro atoms. The molecule has 0 bridgehead atoms. The molecule has 3 heterocycles. The molecule has 1 unspecified atom stereocenters. The van der Waals surface area contributed by atoms with Crippen LogP contribution >= 0.6 is 11.3 Å². The Labute approximate surface area is 149 Å². The third kappa shape index (κ3) is 2.46. The van der Waals surface area contributed by atoms with Crippen LogP contribution in [0, 0.1) is 5.92 Å². The Kier molecular flexibility index (Phi) is 3.41. The van der Waals surface area contributed by atoms with Gasteiger partial charge in [-0.3, -0.25) is 4.40 Å². The normalized spacial score (nSPS) is 17.6. The van der Waals surface area contributed by atoms with Gasteiger partial charge in [0.15, 0.2) is 11.5 Å². The van der Waals surface area contributed by atoms with Crippen molar-refractivity contribution in [3.8, 4) is 0 Å². The van der Waals surface area contributed by atoms with Crippen molar-refractivity contribution < 1.29 is 0 Å². The minimum absolute atomic E-state index is 0.763. The van der Waals surface area contributed by atoms with Gasteiger partial charge in [0.1, 0.15) is 11.2 Å². The maximum Gasteiger partial charge on any atom is 0.172 e. The first-order valence-electron chi connectivity index (χ1n) is 8.67. The molecule has 0 radical (unpaired) electrons. The van der Waals surface area contributed by atoms with E-state index >= 15 is 0 Å². The third-order valence-corrected chi connectivity index (χ3v) is 6.12. The summed E-state index contributed by atoms with van der Waals surface area (Å²) in [6.07, 6.45) is 9.45. The Morgan fingerprint density at radius 2 is 2.04 bits per heavy atom. The van der Waals surface area contributed by atoms with Crippen LogP contribution in [0.4, 0.5) is 0 Å². The summed E-state index contributed by atoms with van der Waals surface area (Å²) in [6, 6.07) is 10.2. The molecule has 1 aliphatic carbocycles. The zero-order chi connectivity index (χ0) is 16.8. The van der Waals surface area contributed by atoms with E-state index in [-0.39, 0.29) is 0 Å². The van der Waals surface area contributed by atoms with Crippen molar-refractivity contribution in [1.82, 2.24) is 19.6 Å². The van der Waals surface area contributed by atoms with E-state index in [9.17, 15) is 0 Å². The van der Waals surface area contributed by atoms with Gasteiger partial charge in [0.05, 0.1) is 5.39 Å². The number of hydrogen-bond acceptors (Lipinski definition) is 4. The zero-order valence-electron chi connectivity index (χ0n) is 14.0. The molecule has 0 aliphatic heterocycles. The van der Waals surface area contributed by atoms with Gasteiger partial charge in [-0.15, -0.1) is 21.5 Å². The quantitative estimate of drug-likeness (QED) is 0.531. The second-order valence-corrected chi connectivity index (χ2v) is 7.86. The molecule has 3 aromatic heterocycles. The van der Waals surface area contributed by atoms with Crippen molar-refractivity contribution in [2.45, 2.75) is 26.2 Å². The van der Waals surface area contributed by atoms with Gasteiger partial charge in [0.2, 0.25) is 0 Å². The molecular weight excluding hydrogens is 328 g/mol. The number of rotatable bonds is 2. The van der Waals surface area contributed by atoms with E-state index in [1.807, 2.05) is 46.3 Å². The molecule has 0 saturated heterocycles. The Morgan fingerprint density at radius 3 is 2.92 bits per heavy atom. The molecule has 124 valence electrons. The second-order valence-electron chi connectivity index (χ2n) is 6.77. The average Bonchev–Trinajstić information content (AvgIpc) is 3.20. The standard InChI is InChI=1S/C20H18N4S/c1-13-7-9-15-16(11-13)25-20-18(15)19-23-22-17(24(19)12-21-20)10-8-14-5-3-2-4-6-14/h2-6,8,10,12-13H,7,9,11H2,1H3/b10-8+. The maximum absolute atomic E-state index is 4.69. The minimum atomic E-state index is 0.763. The van der Waals surface area contributed by atoms with Gasteiger partial charge < -0.3 is 0 Å². The Hall–Kier alpha value is -2.53. The van der Waals surface area contributed by atoms with Gasteiger partial charge in [-0.2, -0.15) is 0 Å². The molecule has 1 atom stereocenters. The van der Waals surface area contributed by atoms with Crippen molar-refractivity contribution in [1.29, 1.82) is 0 Å². The topological polar surface area (TPSA) is 43.1 Å². The number of aryl methyl sites for hydroxylation is 1. The smallest absolute Gasteiger partial charge is 0.172 e. The van der Waals surface area contributed by atoms with Crippen LogP contribution in [0.5, 0.6) is 0 Å². The van der Waals surface area contributed by atoms with E-state index in [4.69, 9.17) is 4.98 Å². The summed E-state index contributed by atoms with van der Waals surface area (Å²) in [4.78, 5) is 7.27. The highest BCUT2D eigenvalue weighted by Gasteiger charge is 2.23. The largest absolute Gasteiger partial charge is 0.265 e. The predicted molar refractivity (Wildman–Crippen MR) is 103 cm³/mol. The monoisotopic (exact) mass is 346 g/mol. The highest BCUT2D eigenvalue weighted by molar-refractivity contribution is 7.19. The predicted octanol–water partition coefficient (Wildman–Crippen LogP) is 4.63. The van der Waals surface area contributed by atoms with Crippen molar-refractivity contribution in [3.05, 3.63) is 58.5 Å². The van der Waals surface area contributed by atoms with Gasteiger partial charge in [-0.1, -0.05) is 43.3 Å². The average molecular weight is 346 g/mol. The number of hydrogen-bond donors (Lipinski definition) is 0. The summed E-state index contributed by atoms with van der Waals surface area (Å²) in [6.45, 7) is 2.33. The fourth-order valence-electron chi connectivity index (χ4n) is 3.60. The molecule has 5 heteroatoms. The summed E-state index contributed by atoms with van der Waals surface area (Å²) >= 11 is 1.83. The van der Waals surface area contributed by atoms with Crippen molar-refractivity contribution in [2.24, 2.45) is 5.92 Å². The molecular formula is C20H18N4S. The first-order valence-corrected chi connectivity index (χ1v) is 9.48. The molecule has 1 aliphatic rings. The van der Waals surface area contributed by atoms with Crippen LogP contribution in [0.3, 0.4) is 0 Å². The lowest BCUT2D eigenvalue weighted by atomic mass is 9.89. The molecule has 1 aromatic carbocycles. The second kappa shape index (κ2) is 5.77. The van der Waals surface area contributed by atoms with Crippen LogP contribution in [0.1, 0.15) is 35.2 Å². The molecule has 5 rings (SSSR count). The first kappa shape index (κ1) is 14.8. The highest BCUT2D eigenvalue weighted by Crippen LogP contribution is 2.38. The van der Waals surface area contributed by atoms with Crippen LogP contribution in [-0.4, -0.2) is 19.6 Å². The summed E-state index contributed by atoms with van der Waals surface area (Å²) < 4.78 is 2.01. The Morgan fingerprint density at radius 1 is 1.16 bits per heavy atom. The Balaban J connectivity index is 1.64. The number of nitrogens with zero attached hydrogens (tertiary/aromatic N) is 4. The van der Waals surface area contributed by atoms with Crippen molar-refractivity contribution in [2.75, 3.05) is 0 Å². The molecule has 0 saturated carbocycles. The SMILES string of the molecule is CC1CCc2c(sc3ncn4c(/C=C/c5ccccc5)nnc4c23)C1. The van der Waals surface area contributed by atoms with Crippen LogP contribution in [0.2, 0.25) is 0 Å². The fraction of sp³-hybridized carbons (Fsp3) is 0.250. The van der Waals surface area contributed by atoms with Gasteiger partial charge in [-0.05, 0) is 42.4 Å². The number of aromatic nitrogens is 4. The van der Waals surface area contributed by atoms with Crippen LogP contribution in [0.15, 0.2) is 36.7 Å². The third-order valence-electron chi connectivity index (χ3n) is 4.95. The summed E-state index contributed by atoms with van der Waals surface area (Å²) in [5.74, 6) is 1.58. The number of thiophene rings is 1. The van der Waals surface area contributed by atoms with Gasteiger partial charge in [-0.25, -0.2) is 4.98 Å². The zero-order valence-corrected chi connectivity index (χ0v) is 14.8. The molecule has 4 aromatic rings. The number of fused-ring (bicyclic) bond motifs is 5. The van der Waals surface area contributed by atoms with Gasteiger partial charge >= 0.3 is 0 Å². The maximum atomic E-state index is 4.69. The van der Waals surface area contributed by atoms with Crippen LogP contribution < -0.4 is 0 Å². The molecule has 4 nitrogen and oxygen atoms in total. The lowest BCUT2D eigenvalue weighted by Crippen LogP contribution is -2.08. The van der Waals surface area contributed by atoms with Gasteiger partial charge in [0.25, 0.3) is 0 Å². The highest BCUT2D eigenvalue weighted by atomic mass is 32.1. The van der Waals surface area contributed by atoms with Crippen molar-refractivity contribution >= 4 is 39.4 Å². The van der Waals surface area contributed by atoms with Gasteiger partial charge in [0, 0.05) is 4.88 Å². The molecule has 0 N–H and O–H groups in total. The minimum Gasteiger partial charge on any atom is -0.265 e. The van der Waals surface area contributed by atoms with Crippen molar-refractivity contribution in [3.63, 3.8) is 0 Å². The van der Waals surface area contributed by atoms with E-state index in [1.54, 1.807) is 0 Å². The molecule has 0 fully saturated rings. The van der Waals surface area contributed by atoms with E-state index in [0.29, 0.717) is 0 Å².